The monoisotopic (exact) mass is 286 g/mol. The molecule has 1 aliphatic rings. The fraction of sp³-hybridized carbons (Fsp3) is 0.471. The molecule has 2 aromatic rings. The molecule has 0 amide bonds. The summed E-state index contributed by atoms with van der Waals surface area (Å²) in [5.74, 6) is 2.57. The molecule has 112 valence electrons. The van der Waals surface area contributed by atoms with Crippen molar-refractivity contribution < 1.29 is 9.26 Å². The molecule has 1 aromatic carbocycles. The van der Waals surface area contributed by atoms with Gasteiger partial charge in [-0.2, -0.15) is 0 Å². The van der Waals surface area contributed by atoms with Crippen molar-refractivity contribution in [2.24, 2.45) is 5.92 Å². The van der Waals surface area contributed by atoms with E-state index >= 15 is 0 Å². The van der Waals surface area contributed by atoms with Crippen molar-refractivity contribution in [3.8, 4) is 17.0 Å². The minimum absolute atomic E-state index is 0.780. The number of nitrogens with zero attached hydrogens (tertiary/aromatic N) is 2. The zero-order chi connectivity index (χ0) is 14.7. The number of methoxy groups -OCH3 is 1. The SMILES string of the molecule is COc1ccc(-c2cc(CN3CCC[C@H](C)C3)on2)cc1. The molecule has 1 saturated heterocycles. The van der Waals surface area contributed by atoms with Gasteiger partial charge >= 0.3 is 0 Å². The standard InChI is InChI=1S/C17H22N2O2/c1-13-4-3-9-19(11-13)12-16-10-17(18-21-16)14-5-7-15(20-2)8-6-14/h5-8,10,13H,3-4,9,11-12H2,1-2H3/t13-/m0/s1. The smallest absolute Gasteiger partial charge is 0.151 e. The predicted octanol–water partition coefficient (Wildman–Crippen LogP) is 3.58. The Bertz CT molecular complexity index is 577. The van der Waals surface area contributed by atoms with E-state index in [1.54, 1.807) is 7.11 Å². The highest BCUT2D eigenvalue weighted by molar-refractivity contribution is 5.59. The van der Waals surface area contributed by atoms with E-state index in [4.69, 9.17) is 9.26 Å². The number of hydrogen-bond donors (Lipinski definition) is 0. The molecule has 2 heterocycles. The second kappa shape index (κ2) is 6.31. The Morgan fingerprint density at radius 2 is 2.14 bits per heavy atom. The molecule has 0 saturated carbocycles. The van der Waals surface area contributed by atoms with E-state index < -0.39 is 0 Å². The number of hydrogen-bond acceptors (Lipinski definition) is 4. The molecular weight excluding hydrogens is 264 g/mol. The fourth-order valence-electron chi connectivity index (χ4n) is 2.94. The van der Waals surface area contributed by atoms with Gasteiger partial charge in [0.1, 0.15) is 11.4 Å². The van der Waals surface area contributed by atoms with Gasteiger partial charge < -0.3 is 9.26 Å². The molecule has 0 N–H and O–H groups in total. The first-order valence-electron chi connectivity index (χ1n) is 7.57. The van der Waals surface area contributed by atoms with E-state index in [9.17, 15) is 0 Å². The quantitative estimate of drug-likeness (QED) is 0.861. The maximum Gasteiger partial charge on any atom is 0.151 e. The van der Waals surface area contributed by atoms with E-state index in [0.29, 0.717) is 0 Å². The average molecular weight is 286 g/mol. The van der Waals surface area contributed by atoms with Gasteiger partial charge in [-0.15, -0.1) is 0 Å². The van der Waals surface area contributed by atoms with E-state index in [1.165, 1.54) is 12.8 Å². The summed E-state index contributed by atoms with van der Waals surface area (Å²) in [5.41, 5.74) is 1.94. The molecule has 0 radical (unpaired) electrons. The van der Waals surface area contributed by atoms with Crippen molar-refractivity contribution in [3.05, 3.63) is 36.1 Å². The average Bonchev–Trinajstić information content (AvgIpc) is 2.96. The summed E-state index contributed by atoms with van der Waals surface area (Å²) in [6.07, 6.45) is 2.62. The van der Waals surface area contributed by atoms with Gasteiger partial charge in [0.2, 0.25) is 0 Å². The van der Waals surface area contributed by atoms with Crippen molar-refractivity contribution in [1.82, 2.24) is 10.1 Å². The second-order valence-electron chi connectivity index (χ2n) is 5.89. The third-order valence-electron chi connectivity index (χ3n) is 4.07. The molecule has 3 rings (SSSR count). The first-order chi connectivity index (χ1) is 10.2. The number of benzene rings is 1. The maximum atomic E-state index is 5.49. The van der Waals surface area contributed by atoms with E-state index in [0.717, 1.165) is 48.3 Å². The molecule has 4 heteroatoms. The lowest BCUT2D eigenvalue weighted by molar-refractivity contribution is 0.160. The van der Waals surface area contributed by atoms with Gasteiger partial charge in [0.15, 0.2) is 5.76 Å². The zero-order valence-corrected chi connectivity index (χ0v) is 12.7. The van der Waals surface area contributed by atoms with Gasteiger partial charge in [0.05, 0.1) is 13.7 Å². The predicted molar refractivity (Wildman–Crippen MR) is 82.2 cm³/mol. The van der Waals surface area contributed by atoms with Crippen molar-refractivity contribution >= 4 is 0 Å². The number of aromatic nitrogens is 1. The van der Waals surface area contributed by atoms with Crippen LogP contribution in [0, 0.1) is 5.92 Å². The molecule has 0 bridgehead atoms. The third-order valence-corrected chi connectivity index (χ3v) is 4.07. The Hall–Kier alpha value is -1.81. The lowest BCUT2D eigenvalue weighted by Crippen LogP contribution is -2.33. The van der Waals surface area contributed by atoms with Crippen LogP contribution in [0.3, 0.4) is 0 Å². The van der Waals surface area contributed by atoms with Crippen molar-refractivity contribution in [2.75, 3.05) is 20.2 Å². The highest BCUT2D eigenvalue weighted by Crippen LogP contribution is 2.24. The van der Waals surface area contributed by atoms with Gasteiger partial charge in [-0.3, -0.25) is 4.90 Å². The number of piperidine rings is 1. The minimum Gasteiger partial charge on any atom is -0.497 e. The van der Waals surface area contributed by atoms with Gasteiger partial charge in [-0.05, 0) is 49.6 Å². The molecule has 1 aliphatic heterocycles. The summed E-state index contributed by atoms with van der Waals surface area (Å²) in [5, 5.41) is 4.18. The van der Waals surface area contributed by atoms with Crippen molar-refractivity contribution in [3.63, 3.8) is 0 Å². The van der Waals surface area contributed by atoms with Crippen LogP contribution in [0.2, 0.25) is 0 Å². The van der Waals surface area contributed by atoms with Crippen LogP contribution in [0.1, 0.15) is 25.5 Å². The third kappa shape index (κ3) is 3.45. The minimum atomic E-state index is 0.780. The Labute approximate surface area is 125 Å². The van der Waals surface area contributed by atoms with Crippen LogP contribution in [-0.2, 0) is 6.54 Å². The van der Waals surface area contributed by atoms with Gasteiger partial charge in [-0.25, -0.2) is 0 Å². The molecule has 21 heavy (non-hydrogen) atoms. The second-order valence-corrected chi connectivity index (χ2v) is 5.89. The van der Waals surface area contributed by atoms with Crippen LogP contribution in [0.4, 0.5) is 0 Å². The van der Waals surface area contributed by atoms with Crippen LogP contribution in [0.25, 0.3) is 11.3 Å². The van der Waals surface area contributed by atoms with E-state index in [1.807, 2.05) is 30.3 Å². The fourth-order valence-corrected chi connectivity index (χ4v) is 2.94. The lowest BCUT2D eigenvalue weighted by Gasteiger charge is -2.29. The first kappa shape index (κ1) is 14.1. The zero-order valence-electron chi connectivity index (χ0n) is 12.7. The van der Waals surface area contributed by atoms with Crippen LogP contribution >= 0.6 is 0 Å². The van der Waals surface area contributed by atoms with Gasteiger partial charge in [0.25, 0.3) is 0 Å². The number of likely N-dealkylation sites (tertiary alicyclic amines) is 1. The van der Waals surface area contributed by atoms with Crippen molar-refractivity contribution in [1.29, 1.82) is 0 Å². The molecule has 0 aliphatic carbocycles. The van der Waals surface area contributed by atoms with Crippen LogP contribution < -0.4 is 4.74 Å². The summed E-state index contributed by atoms with van der Waals surface area (Å²) in [6, 6.07) is 9.93. The van der Waals surface area contributed by atoms with E-state index in [2.05, 4.69) is 17.0 Å². The summed E-state index contributed by atoms with van der Waals surface area (Å²) in [7, 11) is 1.67. The molecule has 0 unspecified atom stereocenters. The Morgan fingerprint density at radius 1 is 1.33 bits per heavy atom. The Morgan fingerprint density at radius 3 is 2.86 bits per heavy atom. The van der Waals surface area contributed by atoms with Crippen molar-refractivity contribution in [2.45, 2.75) is 26.3 Å². The summed E-state index contributed by atoms with van der Waals surface area (Å²) in [6.45, 7) is 5.48. The Balaban J connectivity index is 1.67. The largest absolute Gasteiger partial charge is 0.497 e. The number of rotatable bonds is 4. The van der Waals surface area contributed by atoms with Gasteiger partial charge in [0, 0.05) is 18.2 Å². The number of ether oxygens (including phenoxy) is 1. The molecule has 4 nitrogen and oxygen atoms in total. The maximum absolute atomic E-state index is 5.49. The molecule has 1 atom stereocenters. The summed E-state index contributed by atoms with van der Waals surface area (Å²) in [4.78, 5) is 2.45. The highest BCUT2D eigenvalue weighted by atomic mass is 16.5. The molecular formula is C17H22N2O2. The molecule has 1 aromatic heterocycles. The van der Waals surface area contributed by atoms with E-state index in [-0.39, 0.29) is 0 Å². The topological polar surface area (TPSA) is 38.5 Å². The molecule has 1 fully saturated rings. The summed E-state index contributed by atoms with van der Waals surface area (Å²) >= 11 is 0. The lowest BCUT2D eigenvalue weighted by atomic mass is 10.0. The first-order valence-corrected chi connectivity index (χ1v) is 7.57. The van der Waals surface area contributed by atoms with Crippen LogP contribution in [-0.4, -0.2) is 30.3 Å². The Kier molecular flexibility index (Phi) is 4.25. The van der Waals surface area contributed by atoms with Crippen LogP contribution in [0.5, 0.6) is 5.75 Å². The summed E-state index contributed by atoms with van der Waals surface area (Å²) < 4.78 is 10.7. The molecule has 0 spiro atoms. The van der Waals surface area contributed by atoms with Gasteiger partial charge in [-0.1, -0.05) is 12.1 Å². The normalized spacial score (nSPS) is 19.6. The van der Waals surface area contributed by atoms with Crippen LogP contribution in [0.15, 0.2) is 34.9 Å². The highest BCUT2D eigenvalue weighted by Gasteiger charge is 2.18.